The molecule has 6 heteroatoms. The second kappa shape index (κ2) is 9.06. The minimum atomic E-state index is -1.02. The summed E-state index contributed by atoms with van der Waals surface area (Å²) in [5.41, 5.74) is 1.00. The third kappa shape index (κ3) is 7.50. The van der Waals surface area contributed by atoms with Gasteiger partial charge in [-0.1, -0.05) is 30.3 Å². The van der Waals surface area contributed by atoms with Crippen molar-refractivity contribution < 1.29 is 24.5 Å². The van der Waals surface area contributed by atoms with E-state index in [1.807, 2.05) is 30.3 Å². The highest BCUT2D eigenvalue weighted by Gasteiger charge is 2.09. The number of carbonyl (C=O) groups excluding carboxylic acids is 1. The Labute approximate surface area is 117 Å². The van der Waals surface area contributed by atoms with Gasteiger partial charge in [-0.3, -0.25) is 9.59 Å². The summed E-state index contributed by atoms with van der Waals surface area (Å²) in [5, 5.41) is 20.5. The van der Waals surface area contributed by atoms with Gasteiger partial charge in [0.25, 0.3) is 0 Å². The van der Waals surface area contributed by atoms with E-state index in [9.17, 15) is 14.7 Å². The molecule has 0 fully saturated rings. The highest BCUT2D eigenvalue weighted by atomic mass is 16.5. The molecule has 0 radical (unpaired) electrons. The Morgan fingerprint density at radius 2 is 1.90 bits per heavy atom. The molecule has 0 spiro atoms. The zero-order chi connectivity index (χ0) is 14.8. The Bertz CT molecular complexity index is 421. The largest absolute Gasteiger partial charge is 0.481 e. The van der Waals surface area contributed by atoms with Gasteiger partial charge in [0.05, 0.1) is 25.7 Å². The van der Waals surface area contributed by atoms with Gasteiger partial charge in [0, 0.05) is 13.0 Å². The molecule has 1 aromatic carbocycles. The summed E-state index contributed by atoms with van der Waals surface area (Å²) >= 11 is 0. The van der Waals surface area contributed by atoms with Gasteiger partial charge in [0.15, 0.2) is 0 Å². The average Bonchev–Trinajstić information content (AvgIpc) is 2.44. The monoisotopic (exact) mass is 281 g/mol. The molecular formula is C14H19NO5. The number of nitrogens with one attached hydrogen (secondary N) is 1. The Morgan fingerprint density at radius 1 is 1.20 bits per heavy atom. The number of aliphatic hydroxyl groups excluding tert-OH is 1. The molecule has 0 aliphatic heterocycles. The molecule has 0 aliphatic carbocycles. The van der Waals surface area contributed by atoms with E-state index in [2.05, 4.69) is 5.32 Å². The Hall–Kier alpha value is -1.92. The number of hydrogen-bond acceptors (Lipinski definition) is 4. The van der Waals surface area contributed by atoms with Crippen LogP contribution in [0.25, 0.3) is 0 Å². The molecule has 1 atom stereocenters. The molecule has 0 bridgehead atoms. The van der Waals surface area contributed by atoms with Crippen LogP contribution in [0.4, 0.5) is 0 Å². The van der Waals surface area contributed by atoms with Crippen molar-refractivity contribution in [1.29, 1.82) is 0 Å². The average molecular weight is 281 g/mol. The van der Waals surface area contributed by atoms with Crippen LogP contribution >= 0.6 is 0 Å². The quantitative estimate of drug-likeness (QED) is 0.614. The maximum absolute atomic E-state index is 11.2. The van der Waals surface area contributed by atoms with Crippen molar-refractivity contribution in [3.05, 3.63) is 35.9 Å². The summed E-state index contributed by atoms with van der Waals surface area (Å²) in [4.78, 5) is 21.5. The summed E-state index contributed by atoms with van der Waals surface area (Å²) in [6.07, 6.45) is -1.12. The number of benzene rings is 1. The maximum atomic E-state index is 11.2. The van der Waals surface area contributed by atoms with E-state index in [-0.39, 0.29) is 26.0 Å². The fourth-order valence-corrected chi connectivity index (χ4v) is 1.49. The predicted molar refractivity (Wildman–Crippen MR) is 72.0 cm³/mol. The number of amides is 1. The van der Waals surface area contributed by atoms with Gasteiger partial charge in [-0.15, -0.1) is 0 Å². The summed E-state index contributed by atoms with van der Waals surface area (Å²) < 4.78 is 5.32. The first kappa shape index (κ1) is 16.1. The molecule has 1 amide bonds. The van der Waals surface area contributed by atoms with Gasteiger partial charge in [-0.2, -0.15) is 0 Å². The Morgan fingerprint density at radius 3 is 2.55 bits per heavy atom. The molecule has 0 saturated heterocycles. The van der Waals surface area contributed by atoms with E-state index in [0.717, 1.165) is 5.56 Å². The van der Waals surface area contributed by atoms with Crippen molar-refractivity contribution in [2.24, 2.45) is 0 Å². The van der Waals surface area contributed by atoms with E-state index in [0.29, 0.717) is 6.61 Å². The molecule has 20 heavy (non-hydrogen) atoms. The first-order chi connectivity index (χ1) is 9.58. The number of rotatable bonds is 9. The van der Waals surface area contributed by atoms with Crippen LogP contribution < -0.4 is 5.32 Å². The van der Waals surface area contributed by atoms with E-state index in [1.54, 1.807) is 0 Å². The molecular weight excluding hydrogens is 262 g/mol. The smallest absolute Gasteiger partial charge is 0.303 e. The van der Waals surface area contributed by atoms with Gasteiger partial charge in [-0.05, 0) is 5.56 Å². The maximum Gasteiger partial charge on any atom is 0.303 e. The van der Waals surface area contributed by atoms with Crippen molar-refractivity contribution in [1.82, 2.24) is 5.32 Å². The lowest BCUT2D eigenvalue weighted by atomic mass is 10.2. The Kier molecular flexibility index (Phi) is 7.31. The van der Waals surface area contributed by atoms with Crippen LogP contribution in [0.2, 0.25) is 0 Å². The fraction of sp³-hybridized carbons (Fsp3) is 0.429. The fourth-order valence-electron chi connectivity index (χ4n) is 1.49. The first-order valence-electron chi connectivity index (χ1n) is 6.36. The number of hydrogen-bond donors (Lipinski definition) is 3. The predicted octanol–water partition coefficient (Wildman–Crippen LogP) is 0.545. The SMILES string of the molecule is O=C(O)CCC(=O)NC[C@@H](O)COCc1ccccc1. The topological polar surface area (TPSA) is 95.9 Å². The van der Waals surface area contributed by atoms with Gasteiger partial charge in [-0.25, -0.2) is 0 Å². The minimum Gasteiger partial charge on any atom is -0.481 e. The van der Waals surface area contributed by atoms with Crippen LogP contribution in [0.15, 0.2) is 30.3 Å². The summed E-state index contributed by atoms with van der Waals surface area (Å²) in [6, 6.07) is 9.54. The minimum absolute atomic E-state index is 0.0489. The van der Waals surface area contributed by atoms with Crippen molar-refractivity contribution in [3.8, 4) is 0 Å². The van der Waals surface area contributed by atoms with Gasteiger partial charge in [0.1, 0.15) is 0 Å². The second-order valence-electron chi connectivity index (χ2n) is 4.35. The molecule has 1 aromatic rings. The van der Waals surface area contributed by atoms with Crippen LogP contribution in [0.5, 0.6) is 0 Å². The zero-order valence-corrected chi connectivity index (χ0v) is 11.1. The summed E-state index contributed by atoms with van der Waals surface area (Å²) in [6.45, 7) is 0.548. The van der Waals surface area contributed by atoms with E-state index < -0.39 is 18.0 Å². The molecule has 0 aliphatic rings. The number of carbonyl (C=O) groups is 2. The van der Waals surface area contributed by atoms with Crippen molar-refractivity contribution in [2.45, 2.75) is 25.6 Å². The molecule has 6 nitrogen and oxygen atoms in total. The van der Waals surface area contributed by atoms with Crippen molar-refractivity contribution >= 4 is 11.9 Å². The second-order valence-corrected chi connectivity index (χ2v) is 4.35. The van der Waals surface area contributed by atoms with Crippen LogP contribution in [0, 0.1) is 0 Å². The molecule has 0 heterocycles. The van der Waals surface area contributed by atoms with Gasteiger partial charge >= 0.3 is 5.97 Å². The molecule has 1 rings (SSSR count). The van der Waals surface area contributed by atoms with Gasteiger partial charge in [0.2, 0.25) is 5.91 Å². The van der Waals surface area contributed by atoms with E-state index >= 15 is 0 Å². The molecule has 0 unspecified atom stereocenters. The molecule has 110 valence electrons. The first-order valence-corrected chi connectivity index (χ1v) is 6.36. The molecule has 3 N–H and O–H groups in total. The van der Waals surface area contributed by atoms with E-state index in [4.69, 9.17) is 9.84 Å². The highest BCUT2D eigenvalue weighted by molar-refractivity contribution is 5.80. The lowest BCUT2D eigenvalue weighted by Crippen LogP contribution is -2.34. The summed E-state index contributed by atoms with van der Waals surface area (Å²) in [7, 11) is 0. The summed E-state index contributed by atoms with van der Waals surface area (Å²) in [5.74, 6) is -1.42. The molecule has 0 saturated carbocycles. The number of aliphatic carboxylic acids is 1. The van der Waals surface area contributed by atoms with Crippen molar-refractivity contribution in [3.63, 3.8) is 0 Å². The van der Waals surface area contributed by atoms with Crippen LogP contribution in [0.1, 0.15) is 18.4 Å². The lowest BCUT2D eigenvalue weighted by molar-refractivity contribution is -0.138. The normalized spacial score (nSPS) is 11.8. The van der Waals surface area contributed by atoms with Crippen LogP contribution in [-0.2, 0) is 20.9 Å². The third-order valence-corrected chi connectivity index (χ3v) is 2.52. The molecule has 0 aromatic heterocycles. The standard InChI is InChI=1S/C14H19NO5/c16-12(8-15-13(17)6-7-14(18)19)10-20-9-11-4-2-1-3-5-11/h1-5,12,16H,6-10H2,(H,15,17)(H,18,19)/t12-/m1/s1. The third-order valence-electron chi connectivity index (χ3n) is 2.52. The van der Waals surface area contributed by atoms with Crippen molar-refractivity contribution in [2.75, 3.05) is 13.2 Å². The van der Waals surface area contributed by atoms with Crippen LogP contribution in [0.3, 0.4) is 0 Å². The number of carboxylic acid groups (broad SMARTS) is 1. The number of aliphatic hydroxyl groups is 1. The highest BCUT2D eigenvalue weighted by Crippen LogP contribution is 2.00. The lowest BCUT2D eigenvalue weighted by Gasteiger charge is -2.12. The zero-order valence-electron chi connectivity index (χ0n) is 11.1. The Balaban J connectivity index is 2.09. The number of carboxylic acids is 1. The van der Waals surface area contributed by atoms with E-state index in [1.165, 1.54) is 0 Å². The van der Waals surface area contributed by atoms with Gasteiger partial charge < -0.3 is 20.3 Å². The number of ether oxygens (including phenoxy) is 1. The van der Waals surface area contributed by atoms with Crippen LogP contribution in [-0.4, -0.2) is 41.3 Å².